The summed E-state index contributed by atoms with van der Waals surface area (Å²) in [6.45, 7) is 2.58. The molecule has 1 aromatic rings. The fourth-order valence-corrected chi connectivity index (χ4v) is 2.06. The SMILES string of the molecule is C#CCN(Cc1ccc(OC)cc1N)CC1CC1. The van der Waals surface area contributed by atoms with E-state index in [1.807, 2.05) is 18.2 Å². The zero-order valence-corrected chi connectivity index (χ0v) is 10.9. The van der Waals surface area contributed by atoms with E-state index in [0.717, 1.165) is 36.0 Å². The summed E-state index contributed by atoms with van der Waals surface area (Å²) in [5.41, 5.74) is 7.92. The lowest BCUT2D eigenvalue weighted by atomic mass is 10.1. The summed E-state index contributed by atoms with van der Waals surface area (Å²) in [5, 5.41) is 0. The first-order valence-electron chi connectivity index (χ1n) is 6.31. The molecule has 3 heteroatoms. The summed E-state index contributed by atoms with van der Waals surface area (Å²) < 4.78 is 5.15. The van der Waals surface area contributed by atoms with E-state index < -0.39 is 0 Å². The Balaban J connectivity index is 2.03. The highest BCUT2D eigenvalue weighted by molar-refractivity contribution is 5.51. The van der Waals surface area contributed by atoms with Crippen LogP contribution in [0.15, 0.2) is 18.2 Å². The van der Waals surface area contributed by atoms with Crippen LogP contribution in [0, 0.1) is 18.3 Å². The topological polar surface area (TPSA) is 38.5 Å². The van der Waals surface area contributed by atoms with Crippen molar-refractivity contribution in [1.29, 1.82) is 0 Å². The molecule has 96 valence electrons. The van der Waals surface area contributed by atoms with Gasteiger partial charge in [-0.15, -0.1) is 6.42 Å². The van der Waals surface area contributed by atoms with E-state index in [9.17, 15) is 0 Å². The van der Waals surface area contributed by atoms with Crippen LogP contribution in [0.5, 0.6) is 5.75 Å². The number of hydrogen-bond donors (Lipinski definition) is 1. The van der Waals surface area contributed by atoms with E-state index in [1.54, 1.807) is 7.11 Å². The van der Waals surface area contributed by atoms with E-state index in [2.05, 4.69) is 10.8 Å². The molecule has 0 aliphatic heterocycles. The monoisotopic (exact) mass is 244 g/mol. The Bertz CT molecular complexity index is 446. The molecule has 0 spiro atoms. The molecule has 0 unspecified atom stereocenters. The molecule has 2 rings (SSSR count). The largest absolute Gasteiger partial charge is 0.497 e. The molecule has 1 saturated carbocycles. The van der Waals surface area contributed by atoms with Crippen molar-refractivity contribution in [3.63, 3.8) is 0 Å². The van der Waals surface area contributed by atoms with Crippen LogP contribution in [0.3, 0.4) is 0 Å². The van der Waals surface area contributed by atoms with Crippen LogP contribution < -0.4 is 10.5 Å². The minimum Gasteiger partial charge on any atom is -0.497 e. The number of hydrogen-bond acceptors (Lipinski definition) is 3. The normalized spacial score (nSPS) is 14.5. The second kappa shape index (κ2) is 5.79. The Labute approximate surface area is 109 Å². The van der Waals surface area contributed by atoms with E-state index >= 15 is 0 Å². The van der Waals surface area contributed by atoms with Gasteiger partial charge >= 0.3 is 0 Å². The molecule has 1 fully saturated rings. The van der Waals surface area contributed by atoms with Crippen molar-refractivity contribution in [1.82, 2.24) is 4.90 Å². The Morgan fingerprint density at radius 3 is 2.83 bits per heavy atom. The number of benzene rings is 1. The van der Waals surface area contributed by atoms with Crippen molar-refractivity contribution in [2.24, 2.45) is 5.92 Å². The number of nitrogens with zero attached hydrogens (tertiary/aromatic N) is 1. The van der Waals surface area contributed by atoms with Gasteiger partial charge in [0.05, 0.1) is 13.7 Å². The van der Waals surface area contributed by atoms with Gasteiger partial charge in [0.1, 0.15) is 5.75 Å². The highest BCUT2D eigenvalue weighted by Gasteiger charge is 2.24. The van der Waals surface area contributed by atoms with Gasteiger partial charge in [-0.2, -0.15) is 0 Å². The third-order valence-corrected chi connectivity index (χ3v) is 3.28. The predicted octanol–water partition coefficient (Wildman–Crippen LogP) is 2.12. The Kier molecular flexibility index (Phi) is 4.11. The van der Waals surface area contributed by atoms with Crippen molar-refractivity contribution in [3.8, 4) is 18.1 Å². The molecule has 0 saturated heterocycles. The van der Waals surface area contributed by atoms with Crippen LogP contribution in [-0.2, 0) is 6.54 Å². The lowest BCUT2D eigenvalue weighted by Gasteiger charge is -2.20. The molecule has 0 radical (unpaired) electrons. The molecule has 0 bridgehead atoms. The standard InChI is InChI=1S/C15H20N2O/c1-3-8-17(10-12-4-5-12)11-13-6-7-14(18-2)9-15(13)16/h1,6-7,9,12H,4-5,8,10-11,16H2,2H3. The summed E-state index contributed by atoms with van der Waals surface area (Å²) in [6, 6.07) is 5.82. The summed E-state index contributed by atoms with van der Waals surface area (Å²) >= 11 is 0. The number of rotatable bonds is 6. The van der Waals surface area contributed by atoms with Gasteiger partial charge in [-0.25, -0.2) is 0 Å². The van der Waals surface area contributed by atoms with Crippen molar-refractivity contribution in [2.45, 2.75) is 19.4 Å². The van der Waals surface area contributed by atoms with Gasteiger partial charge in [0.15, 0.2) is 0 Å². The van der Waals surface area contributed by atoms with E-state index in [0.29, 0.717) is 6.54 Å². The maximum absolute atomic E-state index is 6.03. The first-order valence-corrected chi connectivity index (χ1v) is 6.31. The summed E-state index contributed by atoms with van der Waals surface area (Å²) in [6.07, 6.45) is 8.08. The summed E-state index contributed by atoms with van der Waals surface area (Å²) in [4.78, 5) is 2.29. The second-order valence-corrected chi connectivity index (χ2v) is 4.88. The van der Waals surface area contributed by atoms with Crippen LogP contribution in [-0.4, -0.2) is 25.1 Å². The molecular formula is C15H20N2O. The minimum atomic E-state index is 0.683. The smallest absolute Gasteiger partial charge is 0.120 e. The minimum absolute atomic E-state index is 0.683. The maximum atomic E-state index is 6.03. The molecule has 1 aliphatic carbocycles. The molecule has 0 heterocycles. The van der Waals surface area contributed by atoms with Crippen molar-refractivity contribution in [3.05, 3.63) is 23.8 Å². The lowest BCUT2D eigenvalue weighted by molar-refractivity contribution is 0.287. The Morgan fingerprint density at radius 1 is 1.50 bits per heavy atom. The van der Waals surface area contributed by atoms with Gasteiger partial charge in [0.25, 0.3) is 0 Å². The fourth-order valence-electron chi connectivity index (χ4n) is 2.06. The van der Waals surface area contributed by atoms with Gasteiger partial charge in [-0.1, -0.05) is 12.0 Å². The molecule has 0 aromatic heterocycles. The summed E-state index contributed by atoms with van der Waals surface area (Å²) in [7, 11) is 1.65. The molecule has 1 aromatic carbocycles. The van der Waals surface area contributed by atoms with Gasteiger partial charge in [0, 0.05) is 24.8 Å². The highest BCUT2D eigenvalue weighted by Crippen LogP contribution is 2.30. The third-order valence-electron chi connectivity index (χ3n) is 3.28. The zero-order chi connectivity index (χ0) is 13.0. The molecule has 2 N–H and O–H groups in total. The van der Waals surface area contributed by atoms with E-state index in [1.165, 1.54) is 12.8 Å². The van der Waals surface area contributed by atoms with E-state index in [-0.39, 0.29) is 0 Å². The van der Waals surface area contributed by atoms with Gasteiger partial charge < -0.3 is 10.5 Å². The number of anilines is 1. The number of methoxy groups -OCH3 is 1. The average molecular weight is 244 g/mol. The van der Waals surface area contributed by atoms with Crippen LogP contribution in [0.25, 0.3) is 0 Å². The molecule has 0 amide bonds. The first kappa shape index (κ1) is 12.8. The number of nitrogens with two attached hydrogens (primary N) is 1. The average Bonchev–Trinajstić information content (AvgIpc) is 3.16. The fraction of sp³-hybridized carbons (Fsp3) is 0.467. The zero-order valence-electron chi connectivity index (χ0n) is 10.9. The number of terminal acetylenes is 1. The van der Waals surface area contributed by atoms with Crippen LogP contribution >= 0.6 is 0 Å². The molecule has 0 atom stereocenters. The Morgan fingerprint density at radius 2 is 2.28 bits per heavy atom. The number of nitrogen functional groups attached to an aromatic ring is 1. The van der Waals surface area contributed by atoms with Gasteiger partial charge in [-0.3, -0.25) is 4.90 Å². The van der Waals surface area contributed by atoms with Crippen LogP contribution in [0.2, 0.25) is 0 Å². The first-order chi connectivity index (χ1) is 8.72. The molecule has 1 aliphatic rings. The number of ether oxygens (including phenoxy) is 1. The second-order valence-electron chi connectivity index (χ2n) is 4.88. The third kappa shape index (κ3) is 3.41. The molecular weight excluding hydrogens is 224 g/mol. The van der Waals surface area contributed by atoms with Crippen molar-refractivity contribution < 1.29 is 4.74 Å². The Hall–Kier alpha value is -1.66. The maximum Gasteiger partial charge on any atom is 0.120 e. The van der Waals surface area contributed by atoms with Gasteiger partial charge in [-0.05, 0) is 30.4 Å². The van der Waals surface area contributed by atoms with Crippen LogP contribution in [0.1, 0.15) is 18.4 Å². The summed E-state index contributed by atoms with van der Waals surface area (Å²) in [5.74, 6) is 4.35. The quantitative estimate of drug-likeness (QED) is 0.615. The molecule has 3 nitrogen and oxygen atoms in total. The van der Waals surface area contributed by atoms with Crippen LogP contribution in [0.4, 0.5) is 5.69 Å². The lowest BCUT2D eigenvalue weighted by Crippen LogP contribution is -2.26. The molecule has 18 heavy (non-hydrogen) atoms. The van der Waals surface area contributed by atoms with E-state index in [4.69, 9.17) is 16.9 Å². The van der Waals surface area contributed by atoms with Crippen molar-refractivity contribution in [2.75, 3.05) is 25.9 Å². The van der Waals surface area contributed by atoms with Gasteiger partial charge in [0.2, 0.25) is 0 Å². The highest BCUT2D eigenvalue weighted by atomic mass is 16.5. The predicted molar refractivity (Wildman–Crippen MR) is 74.2 cm³/mol. The van der Waals surface area contributed by atoms with Crippen molar-refractivity contribution >= 4 is 5.69 Å².